The van der Waals surface area contributed by atoms with E-state index in [0.717, 1.165) is 18.4 Å². The maximum atomic E-state index is 12.6. The van der Waals surface area contributed by atoms with Gasteiger partial charge in [0.2, 0.25) is 5.88 Å². The van der Waals surface area contributed by atoms with Crippen LogP contribution in [0.25, 0.3) is 0 Å². The molecule has 0 aliphatic carbocycles. The molecule has 0 radical (unpaired) electrons. The van der Waals surface area contributed by atoms with E-state index >= 15 is 0 Å². The van der Waals surface area contributed by atoms with Crippen LogP contribution in [0.4, 0.5) is 5.69 Å². The second-order valence-electron chi connectivity index (χ2n) is 5.50. The minimum absolute atomic E-state index is 0.131. The minimum Gasteiger partial charge on any atom is -0.478 e. The molecule has 0 aliphatic heterocycles. The first kappa shape index (κ1) is 18.4. The average molecular weight is 308 g/mol. The molecule has 0 spiro atoms. The van der Waals surface area contributed by atoms with Crippen LogP contribution in [0.1, 0.15) is 52.5 Å². The molecule has 22 heavy (non-hydrogen) atoms. The van der Waals surface area contributed by atoms with Crippen molar-refractivity contribution in [2.75, 3.05) is 18.5 Å². The van der Waals surface area contributed by atoms with Crippen LogP contribution in [0.15, 0.2) is 12.3 Å². The number of rotatable bonds is 9. The summed E-state index contributed by atoms with van der Waals surface area (Å²) in [6.07, 6.45) is 4.29. The van der Waals surface area contributed by atoms with Crippen LogP contribution in [0.2, 0.25) is 0 Å². The van der Waals surface area contributed by atoms with Crippen molar-refractivity contribution in [3.05, 3.63) is 17.8 Å². The fourth-order valence-electron chi connectivity index (χ4n) is 2.27. The van der Waals surface area contributed by atoms with Crippen molar-refractivity contribution in [1.82, 2.24) is 4.98 Å². The van der Waals surface area contributed by atoms with Crippen LogP contribution in [0, 0.1) is 6.92 Å². The number of unbranched alkanes of at least 4 members (excludes halogenated alkanes) is 1. The Bertz CT molecular complexity index is 491. The summed E-state index contributed by atoms with van der Waals surface area (Å²) in [6, 6.07) is 1.86. The number of nitrogens with zero attached hydrogens (tertiary/aromatic N) is 1. The van der Waals surface area contributed by atoms with Crippen molar-refractivity contribution in [2.24, 2.45) is 0 Å². The molecule has 5 heteroatoms. The van der Waals surface area contributed by atoms with E-state index in [0.29, 0.717) is 31.2 Å². The zero-order chi connectivity index (χ0) is 16.6. The van der Waals surface area contributed by atoms with Gasteiger partial charge in [-0.2, -0.15) is 0 Å². The first-order valence-electron chi connectivity index (χ1n) is 8.01. The third-order valence-electron chi connectivity index (χ3n) is 3.52. The molecule has 0 saturated carbocycles. The van der Waals surface area contributed by atoms with Crippen molar-refractivity contribution < 1.29 is 14.3 Å². The van der Waals surface area contributed by atoms with E-state index in [1.165, 1.54) is 0 Å². The number of carbonyl (C=O) groups is 1. The largest absolute Gasteiger partial charge is 0.478 e. The highest BCUT2D eigenvalue weighted by Crippen LogP contribution is 2.23. The van der Waals surface area contributed by atoms with Gasteiger partial charge in [-0.15, -0.1) is 0 Å². The van der Waals surface area contributed by atoms with Gasteiger partial charge in [0.05, 0.1) is 18.5 Å². The standard InChI is InChI=1S/C17H28N2O3/c1-6-9-10-17(5,22-8-3)16(20)19-14-11-13(4)15(18-12-14)21-7-2/h11-12H,6-10H2,1-5H3,(H,19,20)/t17-/m1/s1. The van der Waals surface area contributed by atoms with Gasteiger partial charge in [0.25, 0.3) is 5.91 Å². The van der Waals surface area contributed by atoms with Crippen LogP contribution >= 0.6 is 0 Å². The molecule has 1 atom stereocenters. The number of hydrogen-bond donors (Lipinski definition) is 1. The van der Waals surface area contributed by atoms with Gasteiger partial charge in [0.15, 0.2) is 0 Å². The maximum Gasteiger partial charge on any atom is 0.256 e. The summed E-state index contributed by atoms with van der Waals surface area (Å²) >= 11 is 0. The lowest BCUT2D eigenvalue weighted by atomic mass is 9.97. The first-order valence-corrected chi connectivity index (χ1v) is 8.01. The van der Waals surface area contributed by atoms with Crippen LogP contribution in [-0.2, 0) is 9.53 Å². The molecule has 0 unspecified atom stereocenters. The van der Waals surface area contributed by atoms with Crippen LogP contribution < -0.4 is 10.1 Å². The molecule has 0 saturated heterocycles. The van der Waals surface area contributed by atoms with Crippen LogP contribution in [0.5, 0.6) is 5.88 Å². The van der Waals surface area contributed by atoms with Gasteiger partial charge >= 0.3 is 0 Å². The lowest BCUT2D eigenvalue weighted by Crippen LogP contribution is -2.42. The number of aromatic nitrogens is 1. The van der Waals surface area contributed by atoms with Gasteiger partial charge in [0.1, 0.15) is 5.60 Å². The molecule has 0 fully saturated rings. The highest BCUT2D eigenvalue weighted by atomic mass is 16.5. The predicted octanol–water partition coefficient (Wildman–Crippen LogP) is 3.71. The van der Waals surface area contributed by atoms with Gasteiger partial charge in [0, 0.05) is 12.2 Å². The first-order chi connectivity index (χ1) is 10.5. The minimum atomic E-state index is -0.808. The molecule has 1 aromatic rings. The molecular weight excluding hydrogens is 280 g/mol. The second kappa shape index (κ2) is 8.73. The molecule has 1 rings (SSSR count). The highest BCUT2D eigenvalue weighted by Gasteiger charge is 2.33. The molecule has 1 aromatic heterocycles. The Morgan fingerprint density at radius 2 is 2.05 bits per heavy atom. The van der Waals surface area contributed by atoms with Crippen LogP contribution in [0.3, 0.4) is 0 Å². The monoisotopic (exact) mass is 308 g/mol. The number of anilines is 1. The Labute approximate surface area is 133 Å². The van der Waals surface area contributed by atoms with Gasteiger partial charge in [-0.25, -0.2) is 4.98 Å². The third kappa shape index (κ3) is 4.98. The molecule has 1 heterocycles. The summed E-state index contributed by atoms with van der Waals surface area (Å²) in [5.74, 6) is 0.465. The van der Waals surface area contributed by atoms with Gasteiger partial charge in [-0.1, -0.05) is 19.8 Å². The maximum absolute atomic E-state index is 12.6. The van der Waals surface area contributed by atoms with E-state index in [1.807, 2.05) is 33.8 Å². The Kier molecular flexibility index (Phi) is 7.32. The summed E-state index contributed by atoms with van der Waals surface area (Å²) in [4.78, 5) is 16.8. The van der Waals surface area contributed by atoms with Gasteiger partial charge < -0.3 is 14.8 Å². The van der Waals surface area contributed by atoms with E-state index in [-0.39, 0.29) is 5.91 Å². The highest BCUT2D eigenvalue weighted by molar-refractivity contribution is 5.97. The van der Waals surface area contributed by atoms with E-state index in [1.54, 1.807) is 6.20 Å². The summed E-state index contributed by atoms with van der Waals surface area (Å²) in [5, 5.41) is 2.90. The molecule has 0 aliphatic rings. The van der Waals surface area contributed by atoms with Crippen molar-refractivity contribution in [2.45, 2.75) is 59.5 Å². The molecule has 0 bridgehead atoms. The predicted molar refractivity (Wildman–Crippen MR) is 88.3 cm³/mol. The number of pyridine rings is 1. The molecule has 0 aromatic carbocycles. The van der Waals surface area contributed by atoms with E-state index in [9.17, 15) is 4.79 Å². The molecule has 1 amide bonds. The number of carbonyl (C=O) groups excluding carboxylic acids is 1. The fraction of sp³-hybridized carbons (Fsp3) is 0.647. The van der Waals surface area contributed by atoms with Crippen molar-refractivity contribution in [1.29, 1.82) is 0 Å². The summed E-state index contributed by atoms with van der Waals surface area (Å²) < 4.78 is 11.1. The molecule has 124 valence electrons. The van der Waals surface area contributed by atoms with Crippen LogP contribution in [-0.4, -0.2) is 29.7 Å². The Morgan fingerprint density at radius 3 is 2.59 bits per heavy atom. The SMILES string of the molecule is CCCC[C@@](C)(OCC)C(=O)Nc1cnc(OCC)c(C)c1. The van der Waals surface area contributed by atoms with Crippen molar-refractivity contribution in [3.8, 4) is 5.88 Å². The zero-order valence-corrected chi connectivity index (χ0v) is 14.4. The molecule has 1 N–H and O–H groups in total. The normalized spacial score (nSPS) is 13.5. The Hall–Kier alpha value is -1.62. The zero-order valence-electron chi connectivity index (χ0n) is 14.4. The third-order valence-corrected chi connectivity index (χ3v) is 3.52. The molecule has 5 nitrogen and oxygen atoms in total. The summed E-state index contributed by atoms with van der Waals surface area (Å²) in [5.41, 5.74) is 0.747. The number of hydrogen-bond acceptors (Lipinski definition) is 4. The number of ether oxygens (including phenoxy) is 2. The number of amides is 1. The smallest absolute Gasteiger partial charge is 0.256 e. The topological polar surface area (TPSA) is 60.5 Å². The number of nitrogens with one attached hydrogen (secondary N) is 1. The van der Waals surface area contributed by atoms with E-state index in [4.69, 9.17) is 9.47 Å². The lowest BCUT2D eigenvalue weighted by molar-refractivity contribution is -0.139. The summed E-state index contributed by atoms with van der Waals surface area (Å²) in [6.45, 7) is 10.7. The molecular formula is C17H28N2O3. The fourth-order valence-corrected chi connectivity index (χ4v) is 2.27. The van der Waals surface area contributed by atoms with Gasteiger partial charge in [-0.3, -0.25) is 4.79 Å². The van der Waals surface area contributed by atoms with E-state index < -0.39 is 5.60 Å². The van der Waals surface area contributed by atoms with Crippen molar-refractivity contribution >= 4 is 11.6 Å². The lowest BCUT2D eigenvalue weighted by Gasteiger charge is -2.28. The van der Waals surface area contributed by atoms with Crippen molar-refractivity contribution in [3.63, 3.8) is 0 Å². The average Bonchev–Trinajstić information content (AvgIpc) is 2.48. The Balaban J connectivity index is 2.82. The number of aryl methyl sites for hydroxylation is 1. The Morgan fingerprint density at radius 1 is 1.32 bits per heavy atom. The van der Waals surface area contributed by atoms with E-state index in [2.05, 4.69) is 17.2 Å². The summed E-state index contributed by atoms with van der Waals surface area (Å²) in [7, 11) is 0. The second-order valence-corrected chi connectivity index (χ2v) is 5.50. The quantitative estimate of drug-likeness (QED) is 0.755. The van der Waals surface area contributed by atoms with Gasteiger partial charge in [-0.05, 0) is 40.2 Å².